The van der Waals surface area contributed by atoms with Gasteiger partial charge in [0.15, 0.2) is 5.82 Å². The van der Waals surface area contributed by atoms with Gasteiger partial charge in [-0.1, -0.05) is 13.3 Å². The molecule has 1 aromatic heterocycles. The van der Waals surface area contributed by atoms with Crippen molar-refractivity contribution in [3.63, 3.8) is 0 Å². The molecule has 3 heterocycles. The minimum Gasteiger partial charge on any atom is -0.383 e. The molecule has 0 spiro atoms. The van der Waals surface area contributed by atoms with E-state index in [9.17, 15) is 4.79 Å². The molecule has 2 saturated heterocycles. The summed E-state index contributed by atoms with van der Waals surface area (Å²) in [5.41, 5.74) is 0.818. The molecular formula is C20H33N5O2. The zero-order chi connectivity index (χ0) is 19.1. The molecule has 2 amide bonds. The van der Waals surface area contributed by atoms with Crippen LogP contribution in [0, 0.1) is 0 Å². The summed E-state index contributed by atoms with van der Waals surface area (Å²) < 4.78 is 5.24. The van der Waals surface area contributed by atoms with Crippen molar-refractivity contribution in [2.24, 2.45) is 0 Å². The van der Waals surface area contributed by atoms with Crippen LogP contribution in [-0.2, 0) is 4.74 Å². The molecular weight excluding hydrogens is 342 g/mol. The molecule has 1 aromatic rings. The number of carbonyl (C=O) groups excluding carboxylic acids is 1. The summed E-state index contributed by atoms with van der Waals surface area (Å²) in [6, 6.07) is 4.22. The number of amides is 2. The standard InChI is InChI=1S/C20H33N5O2/c1-3-7-17-16-25(13-12-23(17)14-15-27-2)20(26)22-18-8-6-9-21-19(18)24-10-4-5-11-24/h6,8-9,17H,3-5,7,10-16H2,1-2H3,(H,22,26). The van der Waals surface area contributed by atoms with Crippen LogP contribution >= 0.6 is 0 Å². The Hall–Kier alpha value is -1.86. The van der Waals surface area contributed by atoms with Gasteiger partial charge in [-0.25, -0.2) is 9.78 Å². The molecule has 1 atom stereocenters. The molecule has 27 heavy (non-hydrogen) atoms. The third-order valence-electron chi connectivity index (χ3n) is 5.53. The largest absolute Gasteiger partial charge is 0.383 e. The fourth-order valence-electron chi connectivity index (χ4n) is 4.06. The average molecular weight is 376 g/mol. The number of anilines is 2. The SMILES string of the molecule is CCCC1CN(C(=O)Nc2cccnc2N2CCCC2)CCN1CCOC. The van der Waals surface area contributed by atoms with E-state index in [2.05, 4.69) is 27.0 Å². The first-order valence-corrected chi connectivity index (χ1v) is 10.2. The Labute approximate surface area is 162 Å². The molecule has 150 valence electrons. The predicted molar refractivity (Wildman–Crippen MR) is 108 cm³/mol. The van der Waals surface area contributed by atoms with Crippen LogP contribution < -0.4 is 10.2 Å². The van der Waals surface area contributed by atoms with E-state index in [1.165, 1.54) is 12.8 Å². The lowest BCUT2D eigenvalue weighted by molar-refractivity contribution is 0.0628. The van der Waals surface area contributed by atoms with Gasteiger partial charge < -0.3 is 19.9 Å². The van der Waals surface area contributed by atoms with Crippen LogP contribution in [0.3, 0.4) is 0 Å². The summed E-state index contributed by atoms with van der Waals surface area (Å²) in [6.45, 7) is 8.30. The van der Waals surface area contributed by atoms with Gasteiger partial charge in [0.1, 0.15) is 0 Å². The third kappa shape index (κ3) is 5.11. The number of hydrogen-bond acceptors (Lipinski definition) is 5. The number of nitrogens with zero attached hydrogens (tertiary/aromatic N) is 4. The van der Waals surface area contributed by atoms with Gasteiger partial charge >= 0.3 is 6.03 Å². The second kappa shape index (κ2) is 9.90. The Morgan fingerprint density at radius 2 is 2.11 bits per heavy atom. The summed E-state index contributed by atoms with van der Waals surface area (Å²) in [5, 5.41) is 3.12. The van der Waals surface area contributed by atoms with E-state index in [4.69, 9.17) is 4.74 Å². The van der Waals surface area contributed by atoms with Crippen LogP contribution in [0.15, 0.2) is 18.3 Å². The van der Waals surface area contributed by atoms with Crippen LogP contribution in [0.25, 0.3) is 0 Å². The Morgan fingerprint density at radius 3 is 2.85 bits per heavy atom. The highest BCUT2D eigenvalue weighted by molar-refractivity contribution is 5.92. The molecule has 0 aromatic carbocycles. The van der Waals surface area contributed by atoms with Crippen molar-refractivity contribution < 1.29 is 9.53 Å². The number of methoxy groups -OCH3 is 1. The number of urea groups is 1. The number of nitrogens with one attached hydrogen (secondary N) is 1. The lowest BCUT2D eigenvalue weighted by Crippen LogP contribution is -2.56. The minimum atomic E-state index is -0.0176. The Kier molecular flexibility index (Phi) is 7.29. The molecule has 1 unspecified atom stereocenters. The fourth-order valence-corrected chi connectivity index (χ4v) is 4.06. The maximum atomic E-state index is 12.9. The van der Waals surface area contributed by atoms with E-state index in [1.807, 2.05) is 17.0 Å². The van der Waals surface area contributed by atoms with E-state index in [-0.39, 0.29) is 6.03 Å². The van der Waals surface area contributed by atoms with Gasteiger partial charge in [-0.3, -0.25) is 4.90 Å². The molecule has 2 aliphatic heterocycles. The number of hydrogen-bond donors (Lipinski definition) is 1. The summed E-state index contributed by atoms with van der Waals surface area (Å²) in [7, 11) is 1.74. The van der Waals surface area contributed by atoms with E-state index < -0.39 is 0 Å². The number of aromatic nitrogens is 1. The first-order chi connectivity index (χ1) is 13.2. The first-order valence-electron chi connectivity index (χ1n) is 10.2. The lowest BCUT2D eigenvalue weighted by atomic mass is 10.1. The zero-order valence-electron chi connectivity index (χ0n) is 16.7. The first kappa shape index (κ1) is 19.9. The van der Waals surface area contributed by atoms with Crippen molar-refractivity contribution in [1.29, 1.82) is 0 Å². The van der Waals surface area contributed by atoms with Crippen LogP contribution in [-0.4, -0.2) is 79.8 Å². The molecule has 1 N–H and O–H groups in total. The van der Waals surface area contributed by atoms with Crippen molar-refractivity contribution in [3.8, 4) is 0 Å². The maximum Gasteiger partial charge on any atom is 0.322 e. The second-order valence-corrected chi connectivity index (χ2v) is 7.42. The number of pyridine rings is 1. The molecule has 0 aliphatic carbocycles. The molecule has 7 nitrogen and oxygen atoms in total. The maximum absolute atomic E-state index is 12.9. The summed E-state index contributed by atoms with van der Waals surface area (Å²) in [5.74, 6) is 0.896. The Morgan fingerprint density at radius 1 is 1.30 bits per heavy atom. The van der Waals surface area contributed by atoms with Crippen molar-refractivity contribution in [2.75, 3.05) is 63.2 Å². The fraction of sp³-hybridized carbons (Fsp3) is 0.700. The third-order valence-corrected chi connectivity index (χ3v) is 5.53. The number of ether oxygens (including phenoxy) is 1. The monoisotopic (exact) mass is 375 g/mol. The Bertz CT molecular complexity index is 606. The lowest BCUT2D eigenvalue weighted by Gasteiger charge is -2.41. The highest BCUT2D eigenvalue weighted by Crippen LogP contribution is 2.26. The highest BCUT2D eigenvalue weighted by Gasteiger charge is 2.29. The molecule has 2 fully saturated rings. The van der Waals surface area contributed by atoms with Crippen LogP contribution in [0.2, 0.25) is 0 Å². The van der Waals surface area contributed by atoms with Crippen LogP contribution in [0.1, 0.15) is 32.6 Å². The van der Waals surface area contributed by atoms with Crippen molar-refractivity contribution in [1.82, 2.24) is 14.8 Å². The average Bonchev–Trinajstić information content (AvgIpc) is 3.22. The molecule has 3 rings (SSSR count). The van der Waals surface area contributed by atoms with Gasteiger partial charge in [0, 0.05) is 58.6 Å². The second-order valence-electron chi connectivity index (χ2n) is 7.42. The van der Waals surface area contributed by atoms with E-state index in [0.717, 1.165) is 70.2 Å². The van der Waals surface area contributed by atoms with Gasteiger partial charge in [0.2, 0.25) is 0 Å². The van der Waals surface area contributed by atoms with Crippen molar-refractivity contribution in [3.05, 3.63) is 18.3 Å². The quantitative estimate of drug-likeness (QED) is 0.794. The smallest absolute Gasteiger partial charge is 0.322 e. The predicted octanol–water partition coefficient (Wildman–Crippen LogP) is 2.65. The van der Waals surface area contributed by atoms with Crippen LogP contribution in [0.5, 0.6) is 0 Å². The highest BCUT2D eigenvalue weighted by atomic mass is 16.5. The van der Waals surface area contributed by atoms with Crippen LogP contribution in [0.4, 0.5) is 16.3 Å². The van der Waals surface area contributed by atoms with Gasteiger partial charge in [0.05, 0.1) is 12.3 Å². The van der Waals surface area contributed by atoms with E-state index >= 15 is 0 Å². The molecule has 0 radical (unpaired) electrons. The molecule has 0 saturated carbocycles. The Balaban J connectivity index is 1.63. The van der Waals surface area contributed by atoms with Crippen molar-refractivity contribution >= 4 is 17.5 Å². The van der Waals surface area contributed by atoms with Gasteiger partial charge in [-0.2, -0.15) is 0 Å². The molecule has 0 bridgehead atoms. The normalized spacial score (nSPS) is 20.9. The number of carbonyl (C=O) groups is 1. The topological polar surface area (TPSA) is 60.9 Å². The minimum absolute atomic E-state index is 0.0176. The van der Waals surface area contributed by atoms with Gasteiger partial charge in [-0.05, 0) is 31.4 Å². The van der Waals surface area contributed by atoms with E-state index in [1.54, 1.807) is 13.3 Å². The summed E-state index contributed by atoms with van der Waals surface area (Å²) in [4.78, 5) is 24.1. The summed E-state index contributed by atoms with van der Waals surface area (Å²) in [6.07, 6.45) is 6.39. The zero-order valence-corrected chi connectivity index (χ0v) is 16.7. The number of rotatable bonds is 7. The number of piperazine rings is 1. The molecule has 2 aliphatic rings. The summed E-state index contributed by atoms with van der Waals surface area (Å²) >= 11 is 0. The molecule has 7 heteroatoms. The van der Waals surface area contributed by atoms with Gasteiger partial charge in [0.25, 0.3) is 0 Å². The van der Waals surface area contributed by atoms with E-state index in [0.29, 0.717) is 6.04 Å². The van der Waals surface area contributed by atoms with Gasteiger partial charge in [-0.15, -0.1) is 0 Å². The van der Waals surface area contributed by atoms with Crippen molar-refractivity contribution in [2.45, 2.75) is 38.6 Å².